The fraction of sp³-hybridized carbons (Fsp3) is 1.00. The largest absolute Gasteiger partial charge is 0.393 e. The molecule has 9 rings (SSSR count). The average molecular weight is 901 g/mol. The van der Waals surface area contributed by atoms with Crippen LogP contribution in [0.2, 0.25) is 0 Å². The Bertz CT molecular complexity index is 1700. The Morgan fingerprint density at radius 1 is 0.603 bits per heavy atom. The van der Waals surface area contributed by atoms with Crippen LogP contribution in [0, 0.1) is 44.8 Å². The van der Waals surface area contributed by atoms with Gasteiger partial charge in [0, 0.05) is 5.92 Å². The summed E-state index contributed by atoms with van der Waals surface area (Å²) in [6, 6.07) is 0. The van der Waals surface area contributed by atoms with Crippen LogP contribution in [0.15, 0.2) is 0 Å². The van der Waals surface area contributed by atoms with Crippen LogP contribution in [-0.4, -0.2) is 180 Å². The summed E-state index contributed by atoms with van der Waals surface area (Å²) in [6.07, 6.45) is -13.3. The summed E-state index contributed by atoms with van der Waals surface area (Å²) in [5.41, 5.74) is -3.35. The van der Waals surface area contributed by atoms with E-state index in [1.165, 1.54) is 6.92 Å². The third-order valence-corrected chi connectivity index (χ3v) is 19.3. The predicted octanol–water partition coefficient (Wildman–Crippen LogP) is 0.215. The van der Waals surface area contributed by atoms with Crippen LogP contribution in [0.25, 0.3) is 0 Å². The number of rotatable bonds is 8. The number of ether oxygens (including phenoxy) is 7. The Morgan fingerprint density at radius 3 is 1.92 bits per heavy atom. The monoisotopic (exact) mass is 901 g/mol. The van der Waals surface area contributed by atoms with Gasteiger partial charge in [-0.2, -0.15) is 0 Å². The van der Waals surface area contributed by atoms with Gasteiger partial charge in [0.1, 0.15) is 54.9 Å². The highest BCUT2D eigenvalue weighted by Gasteiger charge is 2.85. The highest BCUT2D eigenvalue weighted by molar-refractivity contribution is 5.33. The molecule has 63 heavy (non-hydrogen) atoms. The number of fused-ring (bicyclic) bond motifs is 2. The van der Waals surface area contributed by atoms with E-state index in [4.69, 9.17) is 33.2 Å². The topological polar surface area (TPSA) is 267 Å². The van der Waals surface area contributed by atoms with Crippen molar-refractivity contribution in [2.24, 2.45) is 44.8 Å². The SMILES string of the molecule is C[C@@H]1O[C@@H](O[C@H]2[C@H](O[C@@H]3CC[C@]45C[C@]46CC[C@]4(C)[C@@H]([C@]7(C)CC[C@H](C(C)(C)O)O7)[C@H](O)C[C@@]4(C)[C@@H]6C[C@H](O[C@@H]4OC[C@@H](O)[C@H](O)[C@H]4O)[C@@H]5C3(C)C)OC[C@@H](O)[C@@H]2O)[C@H](O)[C@H](O)[C@H]1O. The Hall–Kier alpha value is -0.680. The summed E-state index contributed by atoms with van der Waals surface area (Å²) in [4.78, 5) is 0. The minimum absolute atomic E-state index is 0.0959. The Morgan fingerprint density at radius 2 is 1.25 bits per heavy atom. The Balaban J connectivity index is 1.03. The molecular formula is C46H76O17. The van der Waals surface area contributed by atoms with Crippen LogP contribution < -0.4 is 0 Å². The lowest BCUT2D eigenvalue weighted by Crippen LogP contribution is -2.65. The van der Waals surface area contributed by atoms with Crippen molar-refractivity contribution in [3.63, 3.8) is 0 Å². The molecule has 5 aliphatic carbocycles. The molecule has 0 unspecified atom stereocenters. The fourth-order valence-electron chi connectivity index (χ4n) is 16.0. The van der Waals surface area contributed by atoms with Gasteiger partial charge in [-0.3, -0.25) is 0 Å². The smallest absolute Gasteiger partial charge is 0.187 e. The van der Waals surface area contributed by atoms with Gasteiger partial charge in [0.25, 0.3) is 0 Å². The summed E-state index contributed by atoms with van der Waals surface area (Å²) in [5.74, 6) is -0.264. The van der Waals surface area contributed by atoms with Crippen molar-refractivity contribution in [2.75, 3.05) is 13.2 Å². The molecule has 0 amide bonds. The second kappa shape index (κ2) is 15.7. The Kier molecular flexibility index (Phi) is 11.8. The van der Waals surface area contributed by atoms with Gasteiger partial charge in [0.05, 0.1) is 54.9 Å². The molecule has 9 aliphatic rings. The van der Waals surface area contributed by atoms with Gasteiger partial charge in [0.2, 0.25) is 0 Å². The highest BCUT2D eigenvalue weighted by atomic mass is 16.8. The molecule has 10 N–H and O–H groups in total. The van der Waals surface area contributed by atoms with E-state index in [0.29, 0.717) is 25.7 Å². The van der Waals surface area contributed by atoms with Gasteiger partial charge >= 0.3 is 0 Å². The molecular weight excluding hydrogens is 824 g/mol. The number of aliphatic hydroxyl groups excluding tert-OH is 9. The van der Waals surface area contributed by atoms with Gasteiger partial charge in [-0.25, -0.2) is 0 Å². The second-order valence-corrected chi connectivity index (χ2v) is 23.4. The molecule has 0 aromatic rings. The lowest BCUT2D eigenvalue weighted by Gasteiger charge is -2.65. The zero-order valence-electron chi connectivity index (χ0n) is 38.2. The predicted molar refractivity (Wildman–Crippen MR) is 219 cm³/mol. The summed E-state index contributed by atoms with van der Waals surface area (Å²) < 4.78 is 44.4. The first-order valence-electron chi connectivity index (χ1n) is 23.6. The lowest BCUT2D eigenvalue weighted by atomic mass is 9.41. The van der Waals surface area contributed by atoms with Crippen molar-refractivity contribution in [2.45, 2.75) is 229 Å². The molecule has 25 atom stereocenters. The van der Waals surface area contributed by atoms with Crippen LogP contribution in [0.4, 0.5) is 0 Å². The van der Waals surface area contributed by atoms with E-state index in [0.717, 1.165) is 32.1 Å². The molecule has 2 spiro atoms. The van der Waals surface area contributed by atoms with Gasteiger partial charge in [-0.1, -0.05) is 27.7 Å². The quantitative estimate of drug-likeness (QED) is 0.146. The normalized spacial score (nSPS) is 59.0. The first kappa shape index (κ1) is 47.4. The van der Waals surface area contributed by atoms with Crippen molar-refractivity contribution in [1.29, 1.82) is 0 Å². The first-order chi connectivity index (χ1) is 29.3. The van der Waals surface area contributed by atoms with E-state index in [1.807, 2.05) is 0 Å². The molecule has 4 aliphatic heterocycles. The first-order valence-corrected chi connectivity index (χ1v) is 23.6. The van der Waals surface area contributed by atoms with E-state index in [1.54, 1.807) is 13.8 Å². The van der Waals surface area contributed by atoms with E-state index in [9.17, 15) is 51.1 Å². The van der Waals surface area contributed by atoms with E-state index in [-0.39, 0.29) is 58.7 Å². The van der Waals surface area contributed by atoms with Crippen LogP contribution in [0.1, 0.15) is 113 Å². The molecule has 0 bridgehead atoms. The maximum Gasteiger partial charge on any atom is 0.187 e. The molecule has 17 heteroatoms. The summed E-state index contributed by atoms with van der Waals surface area (Å²) in [6.45, 7) is 15.6. The average Bonchev–Trinajstić information content (AvgIpc) is 3.57. The molecule has 362 valence electrons. The molecule has 9 fully saturated rings. The van der Waals surface area contributed by atoms with E-state index < -0.39 is 115 Å². The third kappa shape index (κ3) is 6.94. The molecule has 4 heterocycles. The summed E-state index contributed by atoms with van der Waals surface area (Å²) >= 11 is 0. The van der Waals surface area contributed by atoms with E-state index >= 15 is 0 Å². The van der Waals surface area contributed by atoms with E-state index in [2.05, 4.69) is 34.6 Å². The van der Waals surface area contributed by atoms with Gasteiger partial charge < -0.3 is 84.2 Å². The molecule has 0 radical (unpaired) electrons. The maximum atomic E-state index is 12.3. The molecule has 4 saturated heterocycles. The minimum atomic E-state index is -1.67. The maximum absolute atomic E-state index is 12.3. The standard InChI is InChI=1S/C46H76O17/c1-20-28(50)31(53)33(55)38(59-20)62-34-30(52)23(49)18-58-39(34)61-26-10-12-46-19-45(46)14-13-42(6)35(44(8)11-9-27(63-44)41(4,5)56)21(47)16-43(42,7)25(45)15-24(36(46)40(26,2)3)60-37-32(54)29(51)22(48)17-57-37/h20-39,47-56H,9-19H2,1-8H3/t20-,21+,22+,23+,24-,25-,26+,27+,28-,29-,30-,31+,32+,33+,34+,35-,36+,37-,38-,39-,42+,43-,44-,45-,46+/m0/s1. The lowest BCUT2D eigenvalue weighted by molar-refractivity contribution is -0.366. The van der Waals surface area contributed by atoms with Gasteiger partial charge in [-0.05, 0) is 124 Å². The van der Waals surface area contributed by atoms with Crippen LogP contribution >= 0.6 is 0 Å². The Labute approximate surface area is 370 Å². The number of hydrogen-bond donors (Lipinski definition) is 10. The summed E-state index contributed by atoms with van der Waals surface area (Å²) in [5, 5.41) is 109. The molecule has 0 aromatic heterocycles. The van der Waals surface area contributed by atoms with Crippen LogP contribution in [-0.2, 0) is 33.2 Å². The number of hydrogen-bond acceptors (Lipinski definition) is 17. The molecule has 17 nitrogen and oxygen atoms in total. The zero-order valence-corrected chi connectivity index (χ0v) is 38.2. The number of aliphatic hydroxyl groups is 10. The molecule has 5 saturated carbocycles. The second-order valence-electron chi connectivity index (χ2n) is 23.4. The zero-order chi connectivity index (χ0) is 45.8. The minimum Gasteiger partial charge on any atom is -0.393 e. The van der Waals surface area contributed by atoms with Crippen LogP contribution in [0.3, 0.4) is 0 Å². The van der Waals surface area contributed by atoms with Crippen molar-refractivity contribution in [1.82, 2.24) is 0 Å². The highest BCUT2D eigenvalue weighted by Crippen LogP contribution is 2.89. The van der Waals surface area contributed by atoms with Gasteiger partial charge in [0.15, 0.2) is 18.9 Å². The van der Waals surface area contributed by atoms with Crippen LogP contribution in [0.5, 0.6) is 0 Å². The third-order valence-electron chi connectivity index (χ3n) is 19.3. The summed E-state index contributed by atoms with van der Waals surface area (Å²) in [7, 11) is 0. The van der Waals surface area contributed by atoms with Crippen molar-refractivity contribution >= 4 is 0 Å². The van der Waals surface area contributed by atoms with Crippen molar-refractivity contribution in [3.8, 4) is 0 Å². The van der Waals surface area contributed by atoms with Crippen molar-refractivity contribution in [3.05, 3.63) is 0 Å². The van der Waals surface area contributed by atoms with Crippen molar-refractivity contribution < 1.29 is 84.2 Å². The fourth-order valence-corrected chi connectivity index (χ4v) is 16.0. The van der Waals surface area contributed by atoms with Gasteiger partial charge in [-0.15, -0.1) is 0 Å². The molecule has 0 aromatic carbocycles.